The standard InChI is InChI=1S/C17H18F3N5O2S2/c1-10-16(28-11(2)23-10)29(26,27)24-5-3-12(4-6-24)13-8-25-15(21-9-22-25)7-14(13)17(18,19)20/h7-9,12H,3-6H2,1-2H3. The molecule has 0 radical (unpaired) electrons. The van der Waals surface area contributed by atoms with Crippen molar-refractivity contribution in [2.75, 3.05) is 13.1 Å². The molecule has 1 aliphatic heterocycles. The van der Waals surface area contributed by atoms with Crippen LogP contribution in [0.3, 0.4) is 0 Å². The average Bonchev–Trinajstić information content (AvgIpc) is 3.25. The van der Waals surface area contributed by atoms with Crippen LogP contribution in [0.15, 0.2) is 22.8 Å². The molecule has 0 amide bonds. The molecule has 0 aliphatic carbocycles. The number of halogens is 3. The van der Waals surface area contributed by atoms with Crippen LogP contribution in [0.5, 0.6) is 0 Å². The van der Waals surface area contributed by atoms with Crippen LogP contribution in [-0.4, -0.2) is 45.4 Å². The Labute approximate surface area is 169 Å². The summed E-state index contributed by atoms with van der Waals surface area (Å²) >= 11 is 1.11. The minimum Gasteiger partial charge on any atom is -0.245 e. The van der Waals surface area contributed by atoms with E-state index in [1.165, 1.54) is 21.3 Å². The minimum absolute atomic E-state index is 0.122. The lowest BCUT2D eigenvalue weighted by Crippen LogP contribution is -2.38. The third kappa shape index (κ3) is 3.64. The fraction of sp³-hybridized carbons (Fsp3) is 0.471. The lowest BCUT2D eigenvalue weighted by Gasteiger charge is -2.32. The number of pyridine rings is 1. The van der Waals surface area contributed by atoms with Crippen molar-refractivity contribution in [3.05, 3.63) is 40.4 Å². The molecule has 7 nitrogen and oxygen atoms in total. The van der Waals surface area contributed by atoms with Crippen LogP contribution in [0.4, 0.5) is 13.2 Å². The van der Waals surface area contributed by atoms with Crippen LogP contribution in [0.25, 0.3) is 5.65 Å². The van der Waals surface area contributed by atoms with Gasteiger partial charge in [-0.3, -0.25) is 0 Å². The van der Waals surface area contributed by atoms with Crippen LogP contribution in [0, 0.1) is 13.8 Å². The second-order valence-corrected chi connectivity index (χ2v) is 10.3. The van der Waals surface area contributed by atoms with Gasteiger partial charge in [-0.2, -0.15) is 22.6 Å². The van der Waals surface area contributed by atoms with Gasteiger partial charge in [0.2, 0.25) is 0 Å². The molecule has 0 atom stereocenters. The summed E-state index contributed by atoms with van der Waals surface area (Å²) in [6.45, 7) is 3.68. The molecule has 0 bridgehead atoms. The van der Waals surface area contributed by atoms with Crippen molar-refractivity contribution in [1.29, 1.82) is 0 Å². The van der Waals surface area contributed by atoms with Crippen molar-refractivity contribution in [2.45, 2.75) is 43.0 Å². The van der Waals surface area contributed by atoms with E-state index in [9.17, 15) is 21.6 Å². The first-order valence-electron chi connectivity index (χ1n) is 8.92. The van der Waals surface area contributed by atoms with E-state index in [-0.39, 0.29) is 28.5 Å². The Morgan fingerprint density at radius 2 is 1.90 bits per heavy atom. The summed E-state index contributed by atoms with van der Waals surface area (Å²) in [7, 11) is -3.70. The van der Waals surface area contributed by atoms with Crippen LogP contribution in [0.1, 0.15) is 40.6 Å². The molecule has 0 aromatic carbocycles. The van der Waals surface area contributed by atoms with Gasteiger partial charge >= 0.3 is 6.18 Å². The molecular formula is C17H18F3N5O2S2. The maximum absolute atomic E-state index is 13.6. The van der Waals surface area contributed by atoms with E-state index in [0.717, 1.165) is 17.4 Å². The molecule has 0 saturated carbocycles. The average molecular weight is 445 g/mol. The number of fused-ring (bicyclic) bond motifs is 1. The van der Waals surface area contributed by atoms with Gasteiger partial charge in [0.05, 0.1) is 16.3 Å². The van der Waals surface area contributed by atoms with Gasteiger partial charge in [-0.25, -0.2) is 22.9 Å². The molecule has 3 aromatic heterocycles. The summed E-state index contributed by atoms with van der Waals surface area (Å²) in [5.74, 6) is -0.420. The molecule has 3 aromatic rings. The first kappa shape index (κ1) is 20.2. The highest BCUT2D eigenvalue weighted by Gasteiger charge is 2.38. The Hall–Kier alpha value is -2.05. The fourth-order valence-corrected chi connectivity index (χ4v) is 6.81. The summed E-state index contributed by atoms with van der Waals surface area (Å²) in [4.78, 5) is 8.00. The Morgan fingerprint density at radius 3 is 2.48 bits per heavy atom. The van der Waals surface area contributed by atoms with Crippen molar-refractivity contribution in [2.24, 2.45) is 0 Å². The molecule has 1 saturated heterocycles. The van der Waals surface area contributed by atoms with Gasteiger partial charge in [0, 0.05) is 19.3 Å². The quantitative estimate of drug-likeness (QED) is 0.617. The number of sulfonamides is 1. The Kier molecular flexibility index (Phi) is 4.90. The second-order valence-electron chi connectivity index (χ2n) is 6.99. The lowest BCUT2D eigenvalue weighted by molar-refractivity contribution is -0.138. The number of thiazole rings is 1. The van der Waals surface area contributed by atoms with Crippen molar-refractivity contribution < 1.29 is 21.6 Å². The van der Waals surface area contributed by atoms with Gasteiger partial charge in [0.1, 0.15) is 6.33 Å². The number of alkyl halides is 3. The first-order chi connectivity index (χ1) is 13.6. The highest BCUT2D eigenvalue weighted by molar-refractivity contribution is 7.91. The zero-order valence-electron chi connectivity index (χ0n) is 15.6. The Morgan fingerprint density at radius 1 is 1.21 bits per heavy atom. The van der Waals surface area contributed by atoms with E-state index >= 15 is 0 Å². The van der Waals surface area contributed by atoms with E-state index in [1.807, 2.05) is 0 Å². The van der Waals surface area contributed by atoms with Crippen molar-refractivity contribution in [1.82, 2.24) is 23.9 Å². The minimum atomic E-state index is -4.52. The van der Waals surface area contributed by atoms with Gasteiger partial charge in [0.25, 0.3) is 10.0 Å². The monoisotopic (exact) mass is 445 g/mol. The summed E-state index contributed by atoms with van der Waals surface area (Å²) in [6.07, 6.45) is -1.38. The normalized spacial score (nSPS) is 17.3. The topological polar surface area (TPSA) is 80.5 Å². The summed E-state index contributed by atoms with van der Waals surface area (Å²) in [5.41, 5.74) is -0.0478. The number of aromatic nitrogens is 4. The van der Waals surface area contributed by atoms with E-state index in [2.05, 4.69) is 15.1 Å². The highest BCUT2D eigenvalue weighted by Crippen LogP contribution is 2.40. The Balaban J connectivity index is 1.61. The maximum Gasteiger partial charge on any atom is 0.416 e. The molecule has 29 heavy (non-hydrogen) atoms. The largest absolute Gasteiger partial charge is 0.416 e. The molecule has 156 valence electrons. The van der Waals surface area contributed by atoms with Gasteiger partial charge in [-0.15, -0.1) is 11.3 Å². The first-order valence-corrected chi connectivity index (χ1v) is 11.2. The van der Waals surface area contributed by atoms with E-state index in [4.69, 9.17) is 0 Å². The van der Waals surface area contributed by atoms with Crippen molar-refractivity contribution in [3.8, 4) is 0 Å². The van der Waals surface area contributed by atoms with Crippen LogP contribution in [0.2, 0.25) is 0 Å². The SMILES string of the molecule is Cc1nc(C)c(S(=O)(=O)N2CCC(c3cn4ncnc4cc3C(F)(F)F)CC2)s1. The number of rotatable bonds is 3. The summed E-state index contributed by atoms with van der Waals surface area (Å²) in [6, 6.07) is 0.995. The molecule has 12 heteroatoms. The lowest BCUT2D eigenvalue weighted by atomic mass is 9.88. The number of hydrogen-bond acceptors (Lipinski definition) is 6. The molecule has 4 rings (SSSR count). The molecule has 0 N–H and O–H groups in total. The number of piperidine rings is 1. The summed E-state index contributed by atoms with van der Waals surface area (Å²) in [5, 5.41) is 4.59. The molecule has 1 aliphatic rings. The third-order valence-corrected chi connectivity index (χ3v) is 8.64. The third-order valence-electron chi connectivity index (χ3n) is 5.08. The van der Waals surface area contributed by atoms with Gasteiger partial charge in [-0.1, -0.05) is 0 Å². The maximum atomic E-state index is 13.6. The predicted octanol–water partition coefficient (Wildman–Crippen LogP) is 3.39. The Bertz CT molecular complexity index is 1160. The molecule has 4 heterocycles. The van der Waals surface area contributed by atoms with Crippen LogP contribution in [-0.2, 0) is 16.2 Å². The number of aryl methyl sites for hydroxylation is 2. The fourth-order valence-electron chi connectivity index (χ4n) is 3.72. The molecule has 1 fully saturated rings. The zero-order valence-corrected chi connectivity index (χ0v) is 17.3. The zero-order chi connectivity index (χ0) is 21.0. The van der Waals surface area contributed by atoms with Crippen molar-refractivity contribution in [3.63, 3.8) is 0 Å². The van der Waals surface area contributed by atoms with E-state index in [1.54, 1.807) is 13.8 Å². The predicted molar refractivity (Wildman–Crippen MR) is 100 cm³/mol. The highest BCUT2D eigenvalue weighted by atomic mass is 32.2. The van der Waals surface area contributed by atoms with Gasteiger partial charge in [-0.05, 0) is 44.2 Å². The second kappa shape index (κ2) is 7.03. The summed E-state index contributed by atoms with van der Waals surface area (Å²) < 4.78 is 69.5. The number of nitrogens with zero attached hydrogens (tertiary/aromatic N) is 5. The van der Waals surface area contributed by atoms with Crippen LogP contribution < -0.4 is 0 Å². The van der Waals surface area contributed by atoms with Gasteiger partial charge < -0.3 is 0 Å². The molecule has 0 spiro atoms. The molecular weight excluding hydrogens is 427 g/mol. The van der Waals surface area contributed by atoms with Gasteiger partial charge in [0.15, 0.2) is 9.86 Å². The van der Waals surface area contributed by atoms with Crippen molar-refractivity contribution >= 4 is 27.0 Å². The number of hydrogen-bond donors (Lipinski definition) is 0. The van der Waals surface area contributed by atoms with E-state index < -0.39 is 27.7 Å². The molecule has 0 unspecified atom stereocenters. The van der Waals surface area contributed by atoms with E-state index in [0.29, 0.717) is 23.5 Å². The smallest absolute Gasteiger partial charge is 0.245 e. The van der Waals surface area contributed by atoms with Crippen LogP contribution >= 0.6 is 11.3 Å².